The predicted molar refractivity (Wildman–Crippen MR) is 91.4 cm³/mol. The van der Waals surface area contributed by atoms with Gasteiger partial charge in [0, 0.05) is 40.8 Å². The van der Waals surface area contributed by atoms with E-state index >= 15 is 0 Å². The molecule has 0 amide bonds. The van der Waals surface area contributed by atoms with Crippen LogP contribution in [-0.4, -0.2) is 15.0 Å². The van der Waals surface area contributed by atoms with Crippen molar-refractivity contribution < 1.29 is 53.4 Å². The number of benzene rings is 1. The fraction of sp³-hybridized carbons (Fsp3) is 0.667. The van der Waals surface area contributed by atoms with E-state index in [1.54, 1.807) is 30.3 Å². The monoisotopic (exact) mass is 468 g/mol. The number of unbranched alkanes of at least 4 members (excludes halogenated alkanes) is 9. The first-order valence-electron chi connectivity index (χ1n) is 8.61. The van der Waals surface area contributed by atoms with Crippen LogP contribution in [0.4, 0.5) is 0 Å². The van der Waals surface area contributed by atoms with E-state index in [0.29, 0.717) is 0 Å². The molecule has 1 aromatic rings. The molecule has 3 nitrogen and oxygen atoms in total. The van der Waals surface area contributed by atoms with Crippen molar-refractivity contribution >= 4 is 10.1 Å². The van der Waals surface area contributed by atoms with E-state index in [9.17, 15) is 8.42 Å². The van der Waals surface area contributed by atoms with Gasteiger partial charge in [0.2, 0.25) is 0 Å². The maximum absolute atomic E-state index is 11.9. The van der Waals surface area contributed by atoms with Crippen LogP contribution in [0.15, 0.2) is 35.2 Å². The Bertz CT molecular complexity index is 474. The summed E-state index contributed by atoms with van der Waals surface area (Å²) in [4.78, 5) is 0.238. The number of hydrogen-bond donors (Lipinski definition) is 0. The topological polar surface area (TPSA) is 43.4 Å². The molecule has 0 saturated carbocycles. The van der Waals surface area contributed by atoms with Gasteiger partial charge in [0.1, 0.15) is 0 Å². The third kappa shape index (κ3) is 11.6. The molecule has 1 aromatic carbocycles. The fourth-order valence-electron chi connectivity index (χ4n) is 2.41. The van der Waals surface area contributed by atoms with E-state index in [2.05, 4.69) is 6.92 Å². The zero-order chi connectivity index (χ0) is 16.1. The second kappa shape index (κ2) is 14.8. The second-order valence-electron chi connectivity index (χ2n) is 5.77. The van der Waals surface area contributed by atoms with Gasteiger partial charge in [-0.2, -0.15) is 8.42 Å². The summed E-state index contributed by atoms with van der Waals surface area (Å²) in [5, 5.41) is 0. The molecular weight excluding hydrogens is 441 g/mol. The normalized spacial score (nSPS) is 11.2. The van der Waals surface area contributed by atoms with E-state index in [-0.39, 0.29) is 52.3 Å². The van der Waals surface area contributed by atoms with Crippen molar-refractivity contribution in [2.24, 2.45) is 0 Å². The van der Waals surface area contributed by atoms with Gasteiger partial charge in [-0.3, -0.25) is 4.18 Å². The van der Waals surface area contributed by atoms with Crippen molar-refractivity contribution in [3.05, 3.63) is 30.3 Å². The SMILES string of the molecule is CCCCCCCCCCCCOS(=O)(=O)c1ccccc1.[Nd]. The summed E-state index contributed by atoms with van der Waals surface area (Å²) in [6, 6.07) is 8.33. The molecule has 130 valence electrons. The maximum Gasteiger partial charge on any atom is 0.296 e. The predicted octanol–water partition coefficient (Wildman–Crippen LogP) is 5.31. The molecule has 0 N–H and O–H groups in total. The van der Waals surface area contributed by atoms with Gasteiger partial charge in [-0.15, -0.1) is 0 Å². The van der Waals surface area contributed by atoms with E-state index in [0.717, 1.165) is 12.8 Å². The Balaban J connectivity index is 0.00000484. The average Bonchev–Trinajstić information content (AvgIpc) is 2.53. The van der Waals surface area contributed by atoms with Crippen molar-refractivity contribution in [2.75, 3.05) is 6.61 Å². The summed E-state index contributed by atoms with van der Waals surface area (Å²) in [6.07, 6.45) is 12.3. The van der Waals surface area contributed by atoms with Crippen LogP contribution in [0, 0.1) is 40.8 Å². The molecule has 0 unspecified atom stereocenters. The van der Waals surface area contributed by atoms with Crippen LogP contribution in [0.3, 0.4) is 0 Å². The van der Waals surface area contributed by atoms with Crippen LogP contribution in [0.1, 0.15) is 71.1 Å². The maximum atomic E-state index is 11.9. The third-order valence-corrected chi connectivity index (χ3v) is 5.09. The van der Waals surface area contributed by atoms with Gasteiger partial charge in [-0.25, -0.2) is 0 Å². The molecule has 0 aliphatic rings. The molecule has 0 radical (unpaired) electrons. The molecule has 0 aliphatic carbocycles. The van der Waals surface area contributed by atoms with Crippen molar-refractivity contribution in [3.63, 3.8) is 0 Å². The summed E-state index contributed by atoms with van der Waals surface area (Å²) >= 11 is 0. The first-order chi connectivity index (χ1) is 10.7. The Hall–Kier alpha value is 0.481. The van der Waals surface area contributed by atoms with Gasteiger partial charge in [0.05, 0.1) is 11.5 Å². The van der Waals surface area contributed by atoms with Gasteiger partial charge in [0.15, 0.2) is 0 Å². The molecule has 0 bridgehead atoms. The van der Waals surface area contributed by atoms with Crippen LogP contribution >= 0.6 is 0 Å². The molecular formula is C18H30NdO3S. The fourth-order valence-corrected chi connectivity index (χ4v) is 3.38. The molecule has 0 aromatic heterocycles. The average molecular weight is 471 g/mol. The number of hydrogen-bond acceptors (Lipinski definition) is 3. The van der Waals surface area contributed by atoms with E-state index < -0.39 is 10.1 Å². The largest absolute Gasteiger partial charge is 0.296 e. The summed E-state index contributed by atoms with van der Waals surface area (Å²) in [5.74, 6) is 0. The molecule has 0 heterocycles. The standard InChI is InChI=1S/C18H30O3S.Nd/c1-2-3-4-5-6-7-8-9-10-14-17-21-22(19,20)18-15-12-11-13-16-18;/h11-13,15-16H,2-10,14,17H2,1H3;. The van der Waals surface area contributed by atoms with Crippen LogP contribution in [0.25, 0.3) is 0 Å². The first-order valence-corrected chi connectivity index (χ1v) is 10.0. The van der Waals surface area contributed by atoms with Crippen LogP contribution < -0.4 is 0 Å². The van der Waals surface area contributed by atoms with Crippen molar-refractivity contribution in [2.45, 2.75) is 76.0 Å². The van der Waals surface area contributed by atoms with E-state index in [1.807, 2.05) is 0 Å². The van der Waals surface area contributed by atoms with E-state index in [4.69, 9.17) is 4.18 Å². The molecule has 1 rings (SSSR count). The second-order valence-corrected chi connectivity index (χ2v) is 7.39. The smallest absolute Gasteiger partial charge is 0.266 e. The number of rotatable bonds is 13. The Morgan fingerprint density at radius 1 is 0.783 bits per heavy atom. The summed E-state index contributed by atoms with van der Waals surface area (Å²) in [5.41, 5.74) is 0. The van der Waals surface area contributed by atoms with Crippen molar-refractivity contribution in [1.82, 2.24) is 0 Å². The Kier molecular flexibility index (Phi) is 15.1. The molecule has 23 heavy (non-hydrogen) atoms. The van der Waals surface area contributed by atoms with Crippen molar-refractivity contribution in [1.29, 1.82) is 0 Å². The summed E-state index contributed by atoms with van der Waals surface area (Å²) < 4.78 is 28.8. The third-order valence-electron chi connectivity index (χ3n) is 3.77. The van der Waals surface area contributed by atoms with Crippen LogP contribution in [-0.2, 0) is 14.3 Å². The summed E-state index contributed by atoms with van der Waals surface area (Å²) in [6.45, 7) is 2.52. The van der Waals surface area contributed by atoms with Gasteiger partial charge in [-0.1, -0.05) is 82.9 Å². The minimum Gasteiger partial charge on any atom is -0.266 e. The van der Waals surface area contributed by atoms with Gasteiger partial charge in [0.25, 0.3) is 10.1 Å². The van der Waals surface area contributed by atoms with E-state index in [1.165, 1.54) is 51.4 Å². The molecule has 0 spiro atoms. The quantitative estimate of drug-likeness (QED) is 0.290. The first kappa shape index (κ1) is 23.5. The molecule has 5 heteroatoms. The molecule has 0 saturated heterocycles. The molecule has 0 atom stereocenters. The summed E-state index contributed by atoms with van der Waals surface area (Å²) in [7, 11) is -3.57. The van der Waals surface area contributed by atoms with Crippen molar-refractivity contribution in [3.8, 4) is 0 Å². The van der Waals surface area contributed by atoms with Crippen LogP contribution in [0.2, 0.25) is 0 Å². The Morgan fingerprint density at radius 2 is 1.26 bits per heavy atom. The molecule has 0 aliphatic heterocycles. The van der Waals surface area contributed by atoms with Gasteiger partial charge >= 0.3 is 0 Å². The zero-order valence-corrected chi connectivity index (χ0v) is 18.3. The van der Waals surface area contributed by atoms with Crippen LogP contribution in [0.5, 0.6) is 0 Å². The molecule has 0 fully saturated rings. The minimum absolute atomic E-state index is 0. The Morgan fingerprint density at radius 3 is 1.78 bits per heavy atom. The zero-order valence-electron chi connectivity index (χ0n) is 14.3. The Labute approximate surface area is 175 Å². The minimum atomic E-state index is -3.57. The van der Waals surface area contributed by atoms with Gasteiger partial charge in [-0.05, 0) is 18.6 Å². The van der Waals surface area contributed by atoms with Gasteiger partial charge < -0.3 is 0 Å².